The van der Waals surface area contributed by atoms with Crippen LogP contribution in [0.15, 0.2) is 36.4 Å². The third kappa shape index (κ3) is 5.22. The van der Waals surface area contributed by atoms with Gasteiger partial charge in [-0.05, 0) is 35.4 Å². The Hall–Kier alpha value is -3.03. The molecule has 0 saturated carbocycles. The number of aliphatic hydroxyl groups excluding tert-OH is 1. The lowest BCUT2D eigenvalue weighted by molar-refractivity contribution is -0.118. The fourth-order valence-corrected chi connectivity index (χ4v) is 2.38. The minimum absolute atomic E-state index is 0.437. The van der Waals surface area contributed by atoms with E-state index in [-0.39, 0.29) is 0 Å². The zero-order valence-electron chi connectivity index (χ0n) is 15.6. The van der Waals surface area contributed by atoms with Gasteiger partial charge in [0.1, 0.15) is 11.8 Å². The van der Waals surface area contributed by atoms with E-state index in [1.54, 1.807) is 26.4 Å². The quantitative estimate of drug-likeness (QED) is 0.614. The van der Waals surface area contributed by atoms with E-state index in [0.29, 0.717) is 22.9 Å². The van der Waals surface area contributed by atoms with Crippen LogP contribution in [0.5, 0.6) is 17.2 Å². The van der Waals surface area contributed by atoms with Crippen LogP contribution in [0.1, 0.15) is 11.1 Å². The van der Waals surface area contributed by atoms with E-state index in [0.717, 1.165) is 11.1 Å². The Bertz CT molecular complexity index is 820. The molecule has 1 amide bonds. The lowest BCUT2D eigenvalue weighted by Gasteiger charge is -2.13. The van der Waals surface area contributed by atoms with Crippen molar-refractivity contribution in [1.82, 2.24) is 0 Å². The first-order valence-electron chi connectivity index (χ1n) is 8.27. The van der Waals surface area contributed by atoms with Gasteiger partial charge in [-0.1, -0.05) is 24.3 Å². The number of ether oxygens (including phenoxy) is 3. The molecule has 0 aliphatic heterocycles. The zero-order valence-corrected chi connectivity index (χ0v) is 15.6. The van der Waals surface area contributed by atoms with Crippen molar-refractivity contribution >= 4 is 23.7 Å². The molecule has 1 atom stereocenters. The average molecular weight is 372 g/mol. The van der Waals surface area contributed by atoms with E-state index < -0.39 is 18.6 Å². The van der Waals surface area contributed by atoms with Gasteiger partial charge in [-0.25, -0.2) is 0 Å². The Morgan fingerprint density at radius 3 is 2.11 bits per heavy atom. The molecule has 4 N–H and O–H groups in total. The number of nitrogens with two attached hydrogens (primary N) is 1. The molecule has 0 heterocycles. The molecule has 0 unspecified atom stereocenters. The van der Waals surface area contributed by atoms with Gasteiger partial charge < -0.3 is 30.4 Å². The van der Waals surface area contributed by atoms with Gasteiger partial charge in [-0.15, -0.1) is 0 Å². The number of carbonyl (C=O) groups excluding carboxylic acids is 1. The SMILES string of the molecule is COc1ccc(/C=C\c2ccc(OC)c(OC)c2)cc1NC(=O)[C@@H](N)CO. The number of benzene rings is 2. The predicted molar refractivity (Wildman–Crippen MR) is 105 cm³/mol. The van der Waals surface area contributed by atoms with E-state index in [1.165, 1.54) is 7.11 Å². The normalized spacial score (nSPS) is 11.9. The largest absolute Gasteiger partial charge is 0.495 e. The van der Waals surface area contributed by atoms with Gasteiger partial charge in [0.25, 0.3) is 0 Å². The summed E-state index contributed by atoms with van der Waals surface area (Å²) in [4.78, 5) is 11.9. The lowest BCUT2D eigenvalue weighted by atomic mass is 10.1. The molecular weight excluding hydrogens is 348 g/mol. The van der Waals surface area contributed by atoms with Gasteiger partial charge in [-0.2, -0.15) is 0 Å². The molecule has 0 aliphatic carbocycles. The van der Waals surface area contributed by atoms with Gasteiger partial charge in [0.05, 0.1) is 33.6 Å². The van der Waals surface area contributed by atoms with Gasteiger partial charge in [0.15, 0.2) is 11.5 Å². The van der Waals surface area contributed by atoms with Crippen LogP contribution in [-0.2, 0) is 4.79 Å². The summed E-state index contributed by atoms with van der Waals surface area (Å²) in [6.07, 6.45) is 3.80. The number of hydrogen-bond donors (Lipinski definition) is 3. The number of methoxy groups -OCH3 is 3. The van der Waals surface area contributed by atoms with E-state index in [2.05, 4.69) is 5.32 Å². The van der Waals surface area contributed by atoms with Crippen LogP contribution in [0, 0.1) is 0 Å². The van der Waals surface area contributed by atoms with Gasteiger partial charge in [0, 0.05) is 0 Å². The summed E-state index contributed by atoms with van der Waals surface area (Å²) < 4.78 is 15.8. The van der Waals surface area contributed by atoms with Crippen LogP contribution in [0.3, 0.4) is 0 Å². The van der Waals surface area contributed by atoms with Crippen molar-refractivity contribution in [3.05, 3.63) is 47.5 Å². The van der Waals surface area contributed by atoms with Crippen molar-refractivity contribution < 1.29 is 24.1 Å². The van der Waals surface area contributed by atoms with E-state index in [4.69, 9.17) is 25.1 Å². The summed E-state index contributed by atoms with van der Waals surface area (Å²) in [5, 5.41) is 11.7. The second-order valence-electron chi connectivity index (χ2n) is 5.69. The topological polar surface area (TPSA) is 103 Å². The molecule has 0 saturated heterocycles. The Morgan fingerprint density at radius 2 is 1.56 bits per heavy atom. The van der Waals surface area contributed by atoms with Gasteiger partial charge >= 0.3 is 0 Å². The second-order valence-corrected chi connectivity index (χ2v) is 5.69. The first kappa shape index (κ1) is 20.3. The van der Waals surface area contributed by atoms with Crippen molar-refractivity contribution in [2.75, 3.05) is 33.3 Å². The molecular formula is C20H24N2O5. The summed E-state index contributed by atoms with van der Waals surface area (Å²) >= 11 is 0. The van der Waals surface area contributed by atoms with Gasteiger partial charge in [0.2, 0.25) is 5.91 Å². The maximum Gasteiger partial charge on any atom is 0.243 e. The Labute approximate surface area is 158 Å². The maximum absolute atomic E-state index is 11.9. The molecule has 0 fully saturated rings. The molecule has 0 aromatic heterocycles. The first-order chi connectivity index (χ1) is 13.0. The number of amides is 1. The average Bonchev–Trinajstić information content (AvgIpc) is 2.71. The number of aliphatic hydroxyl groups is 1. The smallest absolute Gasteiger partial charge is 0.243 e. The van der Waals surface area contributed by atoms with Crippen LogP contribution < -0.4 is 25.3 Å². The van der Waals surface area contributed by atoms with Crippen molar-refractivity contribution in [2.45, 2.75) is 6.04 Å². The monoisotopic (exact) mass is 372 g/mol. The maximum atomic E-state index is 11.9. The summed E-state index contributed by atoms with van der Waals surface area (Å²) in [6.45, 7) is -0.437. The molecule has 144 valence electrons. The highest BCUT2D eigenvalue weighted by Crippen LogP contribution is 2.29. The number of rotatable bonds is 8. The standard InChI is InChI=1S/C20H24N2O5/c1-25-17-8-6-13(10-16(17)22-20(24)15(21)12-23)4-5-14-7-9-18(26-2)19(11-14)27-3/h4-11,15,23H,12,21H2,1-3H3,(H,22,24)/b5-4-/t15-/m0/s1. The number of anilines is 1. The number of hydrogen-bond acceptors (Lipinski definition) is 6. The third-order valence-corrected chi connectivity index (χ3v) is 3.89. The van der Waals surface area contributed by atoms with Crippen LogP contribution in [0.25, 0.3) is 12.2 Å². The fraction of sp³-hybridized carbons (Fsp3) is 0.250. The molecule has 27 heavy (non-hydrogen) atoms. The number of carbonyl (C=O) groups is 1. The fourth-order valence-electron chi connectivity index (χ4n) is 2.38. The summed E-state index contributed by atoms with van der Waals surface area (Å²) in [7, 11) is 4.68. The third-order valence-electron chi connectivity index (χ3n) is 3.89. The molecule has 2 aromatic rings. The Balaban J connectivity index is 2.25. The molecule has 0 spiro atoms. The summed E-state index contributed by atoms with van der Waals surface area (Å²) in [6, 6.07) is 9.96. The number of nitrogens with one attached hydrogen (secondary N) is 1. The van der Waals surface area contributed by atoms with Crippen LogP contribution >= 0.6 is 0 Å². The molecule has 0 aliphatic rings. The predicted octanol–water partition coefficient (Wildman–Crippen LogP) is 2.14. The molecule has 2 aromatic carbocycles. The van der Waals surface area contributed by atoms with Crippen molar-refractivity contribution in [3.63, 3.8) is 0 Å². The Kier molecular flexibility index (Phi) is 7.22. The molecule has 7 nitrogen and oxygen atoms in total. The molecule has 7 heteroatoms. The van der Waals surface area contributed by atoms with Crippen molar-refractivity contribution in [2.24, 2.45) is 5.73 Å². The second kappa shape index (κ2) is 9.61. The highest BCUT2D eigenvalue weighted by atomic mass is 16.5. The minimum Gasteiger partial charge on any atom is -0.495 e. The molecule has 0 radical (unpaired) electrons. The van der Waals surface area contributed by atoms with E-state index in [9.17, 15) is 4.79 Å². The zero-order chi connectivity index (χ0) is 19.8. The Morgan fingerprint density at radius 1 is 1.00 bits per heavy atom. The minimum atomic E-state index is -0.999. The summed E-state index contributed by atoms with van der Waals surface area (Å²) in [5.74, 6) is 1.30. The van der Waals surface area contributed by atoms with Crippen molar-refractivity contribution in [3.8, 4) is 17.2 Å². The van der Waals surface area contributed by atoms with Crippen molar-refractivity contribution in [1.29, 1.82) is 0 Å². The van der Waals surface area contributed by atoms with Crippen LogP contribution in [0.4, 0.5) is 5.69 Å². The molecule has 0 bridgehead atoms. The lowest BCUT2D eigenvalue weighted by Crippen LogP contribution is -2.38. The highest BCUT2D eigenvalue weighted by molar-refractivity contribution is 5.96. The van der Waals surface area contributed by atoms with E-state index >= 15 is 0 Å². The first-order valence-corrected chi connectivity index (χ1v) is 8.27. The van der Waals surface area contributed by atoms with E-state index in [1.807, 2.05) is 36.4 Å². The molecule has 2 rings (SSSR count). The summed E-state index contributed by atoms with van der Waals surface area (Å²) in [5.41, 5.74) is 7.79. The van der Waals surface area contributed by atoms with Gasteiger partial charge in [-0.3, -0.25) is 4.79 Å². The highest BCUT2D eigenvalue weighted by Gasteiger charge is 2.14. The van der Waals surface area contributed by atoms with Crippen LogP contribution in [0.2, 0.25) is 0 Å². The van der Waals surface area contributed by atoms with Crippen LogP contribution in [-0.4, -0.2) is 45.0 Å².